The minimum atomic E-state index is -0.462. The van der Waals surface area contributed by atoms with E-state index in [1.165, 1.54) is 36.4 Å². The Kier molecular flexibility index (Phi) is 7.96. The second-order valence-electron chi connectivity index (χ2n) is 5.56. The second kappa shape index (κ2) is 10.7. The highest BCUT2D eigenvalue weighted by atomic mass is 19.1. The van der Waals surface area contributed by atoms with E-state index in [0.717, 1.165) is 0 Å². The molecule has 0 aliphatic rings. The first-order chi connectivity index (χ1) is 13.5. The zero-order valence-corrected chi connectivity index (χ0v) is 15.7. The van der Waals surface area contributed by atoms with Gasteiger partial charge in [0.05, 0.1) is 13.2 Å². The first-order valence-corrected chi connectivity index (χ1v) is 8.78. The van der Waals surface area contributed by atoms with Crippen LogP contribution < -0.4 is 4.74 Å². The normalized spacial score (nSPS) is 11.0. The Morgan fingerprint density at radius 3 is 1.79 bits per heavy atom. The summed E-state index contributed by atoms with van der Waals surface area (Å²) in [7, 11) is 0. The average Bonchev–Trinajstić information content (AvgIpc) is 2.67. The van der Waals surface area contributed by atoms with Crippen molar-refractivity contribution in [1.82, 2.24) is 0 Å². The monoisotopic (exact) mass is 384 g/mol. The molecule has 0 atom stereocenters. The lowest BCUT2D eigenvalue weighted by molar-refractivity contribution is -0.138. The van der Waals surface area contributed by atoms with Crippen LogP contribution in [0.1, 0.15) is 25.0 Å². The first-order valence-electron chi connectivity index (χ1n) is 8.78. The van der Waals surface area contributed by atoms with Crippen LogP contribution in [0, 0.1) is 5.82 Å². The lowest BCUT2D eigenvalue weighted by Crippen LogP contribution is -1.99. The number of halogens is 1. The van der Waals surface area contributed by atoms with Crippen molar-refractivity contribution in [2.75, 3.05) is 13.2 Å². The van der Waals surface area contributed by atoms with E-state index in [0.29, 0.717) is 22.6 Å². The van der Waals surface area contributed by atoms with Gasteiger partial charge in [0.2, 0.25) is 0 Å². The molecule has 0 spiro atoms. The molecule has 0 saturated carbocycles. The minimum Gasteiger partial charge on any atom is -0.463 e. The van der Waals surface area contributed by atoms with Gasteiger partial charge >= 0.3 is 11.9 Å². The molecule has 0 bridgehead atoms. The van der Waals surface area contributed by atoms with E-state index in [4.69, 9.17) is 14.2 Å². The van der Waals surface area contributed by atoms with E-state index in [2.05, 4.69) is 0 Å². The van der Waals surface area contributed by atoms with Crippen LogP contribution in [0.2, 0.25) is 0 Å². The summed E-state index contributed by atoms with van der Waals surface area (Å²) < 4.78 is 28.6. The third kappa shape index (κ3) is 7.07. The molecule has 146 valence electrons. The zero-order valence-electron chi connectivity index (χ0n) is 15.7. The van der Waals surface area contributed by atoms with Crippen LogP contribution in [0.15, 0.2) is 54.6 Å². The van der Waals surface area contributed by atoms with Crippen LogP contribution in [0.4, 0.5) is 4.39 Å². The van der Waals surface area contributed by atoms with Gasteiger partial charge in [0, 0.05) is 12.2 Å². The van der Waals surface area contributed by atoms with Gasteiger partial charge in [0.25, 0.3) is 0 Å². The van der Waals surface area contributed by atoms with Gasteiger partial charge in [-0.3, -0.25) is 0 Å². The fourth-order valence-electron chi connectivity index (χ4n) is 2.25. The number of hydrogen-bond donors (Lipinski definition) is 0. The Morgan fingerprint density at radius 2 is 1.32 bits per heavy atom. The van der Waals surface area contributed by atoms with E-state index < -0.39 is 11.9 Å². The van der Waals surface area contributed by atoms with Gasteiger partial charge in [-0.05, 0) is 79.6 Å². The van der Waals surface area contributed by atoms with Gasteiger partial charge in [-0.1, -0.05) is 0 Å². The molecule has 0 aliphatic carbocycles. The van der Waals surface area contributed by atoms with Crippen molar-refractivity contribution in [2.24, 2.45) is 0 Å². The highest BCUT2D eigenvalue weighted by Crippen LogP contribution is 2.25. The molecular formula is C22H21FO5. The Morgan fingerprint density at radius 1 is 0.821 bits per heavy atom. The molecular weight excluding hydrogens is 363 g/mol. The van der Waals surface area contributed by atoms with Gasteiger partial charge in [0.1, 0.15) is 17.3 Å². The number of esters is 2. The summed E-state index contributed by atoms with van der Waals surface area (Å²) in [6.45, 7) is 4.01. The summed E-state index contributed by atoms with van der Waals surface area (Å²) in [4.78, 5) is 23.1. The molecule has 0 unspecified atom stereocenters. The van der Waals surface area contributed by atoms with Crippen LogP contribution in [-0.2, 0) is 19.1 Å². The predicted octanol–water partition coefficient (Wildman–Crippen LogP) is 4.77. The number of hydrogen-bond acceptors (Lipinski definition) is 5. The standard InChI is InChI=1S/C22H21FO5/c1-3-26-21(24)11-5-16-13-17(6-12-22(25)27-4-2)15-20(14-16)28-19-9-7-18(23)8-10-19/h5-15H,3-4H2,1-2H3/b11-5+,12-6+. The summed E-state index contributed by atoms with van der Waals surface area (Å²) in [5.41, 5.74) is 1.33. The summed E-state index contributed by atoms with van der Waals surface area (Å²) >= 11 is 0. The maximum absolute atomic E-state index is 13.1. The molecule has 0 N–H and O–H groups in total. The third-order valence-electron chi connectivity index (χ3n) is 3.40. The smallest absolute Gasteiger partial charge is 0.330 e. The average molecular weight is 384 g/mol. The molecule has 2 aromatic rings. The molecule has 0 amide bonds. The van der Waals surface area contributed by atoms with Crippen LogP contribution in [-0.4, -0.2) is 25.2 Å². The summed E-state index contributed by atoms with van der Waals surface area (Å²) in [5.74, 6) is -0.377. The highest BCUT2D eigenvalue weighted by molar-refractivity contribution is 5.88. The molecule has 0 aliphatic heterocycles. The Hall–Kier alpha value is -3.41. The van der Waals surface area contributed by atoms with Gasteiger partial charge in [-0.15, -0.1) is 0 Å². The third-order valence-corrected chi connectivity index (χ3v) is 3.40. The van der Waals surface area contributed by atoms with E-state index in [1.54, 1.807) is 44.2 Å². The molecule has 0 aromatic heterocycles. The molecule has 28 heavy (non-hydrogen) atoms. The quantitative estimate of drug-likeness (QED) is 0.485. The Balaban J connectivity index is 2.29. The topological polar surface area (TPSA) is 61.8 Å². The second-order valence-corrected chi connectivity index (χ2v) is 5.56. The minimum absolute atomic E-state index is 0.282. The zero-order chi connectivity index (χ0) is 20.4. The molecule has 2 aromatic carbocycles. The van der Waals surface area contributed by atoms with E-state index in [1.807, 2.05) is 0 Å². The highest BCUT2D eigenvalue weighted by Gasteiger charge is 2.04. The van der Waals surface area contributed by atoms with E-state index in [-0.39, 0.29) is 19.0 Å². The van der Waals surface area contributed by atoms with Crippen molar-refractivity contribution in [2.45, 2.75) is 13.8 Å². The molecule has 5 nitrogen and oxygen atoms in total. The predicted molar refractivity (Wildman–Crippen MR) is 104 cm³/mol. The van der Waals surface area contributed by atoms with Gasteiger partial charge in [-0.25, -0.2) is 14.0 Å². The molecule has 0 fully saturated rings. The largest absolute Gasteiger partial charge is 0.463 e. The van der Waals surface area contributed by atoms with Crippen LogP contribution >= 0.6 is 0 Å². The molecule has 0 saturated heterocycles. The Labute approximate surface area is 163 Å². The van der Waals surface area contributed by atoms with Crippen molar-refractivity contribution < 1.29 is 28.2 Å². The van der Waals surface area contributed by atoms with Crippen molar-refractivity contribution >= 4 is 24.1 Å². The SMILES string of the molecule is CCOC(=O)/C=C/c1cc(/C=C/C(=O)OCC)cc(Oc2ccc(F)cc2)c1. The molecule has 0 heterocycles. The maximum Gasteiger partial charge on any atom is 0.330 e. The van der Waals surface area contributed by atoms with Crippen molar-refractivity contribution in [1.29, 1.82) is 0 Å². The fraction of sp³-hybridized carbons (Fsp3) is 0.182. The van der Waals surface area contributed by atoms with Gasteiger partial charge < -0.3 is 14.2 Å². The number of carbonyl (C=O) groups is 2. The first kappa shape index (κ1) is 20.9. The summed E-state index contributed by atoms with van der Waals surface area (Å²) in [6, 6.07) is 10.8. The number of ether oxygens (including phenoxy) is 3. The van der Waals surface area contributed by atoms with Gasteiger partial charge in [0.15, 0.2) is 0 Å². The number of rotatable bonds is 8. The molecule has 6 heteroatoms. The van der Waals surface area contributed by atoms with Crippen LogP contribution in [0.25, 0.3) is 12.2 Å². The van der Waals surface area contributed by atoms with Crippen LogP contribution in [0.5, 0.6) is 11.5 Å². The summed E-state index contributed by atoms with van der Waals surface area (Å²) in [6.07, 6.45) is 5.77. The fourth-order valence-corrected chi connectivity index (χ4v) is 2.25. The Bertz CT molecular complexity index is 823. The lowest BCUT2D eigenvalue weighted by Gasteiger charge is -2.08. The van der Waals surface area contributed by atoms with Crippen LogP contribution in [0.3, 0.4) is 0 Å². The van der Waals surface area contributed by atoms with Crippen molar-refractivity contribution in [3.05, 3.63) is 71.6 Å². The van der Waals surface area contributed by atoms with Crippen molar-refractivity contribution in [3.63, 3.8) is 0 Å². The lowest BCUT2D eigenvalue weighted by atomic mass is 10.1. The van der Waals surface area contributed by atoms with E-state index >= 15 is 0 Å². The van der Waals surface area contributed by atoms with Gasteiger partial charge in [-0.2, -0.15) is 0 Å². The molecule has 0 radical (unpaired) electrons. The number of benzene rings is 2. The summed E-state index contributed by atoms with van der Waals surface area (Å²) in [5, 5.41) is 0. The van der Waals surface area contributed by atoms with Crippen molar-refractivity contribution in [3.8, 4) is 11.5 Å². The van der Waals surface area contributed by atoms with E-state index in [9.17, 15) is 14.0 Å². The maximum atomic E-state index is 13.1. The molecule has 2 rings (SSSR count). The number of carbonyl (C=O) groups excluding carboxylic acids is 2.